The lowest BCUT2D eigenvalue weighted by molar-refractivity contribution is 0.277. The first kappa shape index (κ1) is 13.0. The summed E-state index contributed by atoms with van der Waals surface area (Å²) in [5.74, 6) is 6.71. The lowest BCUT2D eigenvalue weighted by atomic mass is 10.3. The molecule has 0 amide bonds. The van der Waals surface area contributed by atoms with E-state index in [-0.39, 0.29) is 6.61 Å². The van der Waals surface area contributed by atoms with Gasteiger partial charge in [-0.1, -0.05) is 5.92 Å². The number of nitrogens with zero attached hydrogens (tertiary/aromatic N) is 5. The minimum atomic E-state index is -0.0447. The number of hydrogen-bond acceptors (Lipinski definition) is 6. The van der Waals surface area contributed by atoms with Crippen LogP contribution in [0.5, 0.6) is 0 Å². The van der Waals surface area contributed by atoms with E-state index in [2.05, 4.69) is 31.8 Å². The molecule has 3 aromatic rings. The fraction of sp³-hybridized carbons (Fsp3) is 0.143. The maximum atomic E-state index is 9.20. The number of nitrogens with two attached hydrogens (primary N) is 1. The molecule has 21 heavy (non-hydrogen) atoms. The minimum Gasteiger partial charge on any atom is -0.395 e. The van der Waals surface area contributed by atoms with Crippen LogP contribution in [0.15, 0.2) is 30.9 Å². The molecule has 0 saturated carbocycles. The number of aromatic nitrogens is 5. The predicted molar refractivity (Wildman–Crippen MR) is 77.0 cm³/mol. The third-order valence-electron chi connectivity index (χ3n) is 2.86. The van der Waals surface area contributed by atoms with Gasteiger partial charge in [0.25, 0.3) is 0 Å². The maximum Gasteiger partial charge on any atom is 0.188 e. The van der Waals surface area contributed by atoms with Gasteiger partial charge in [-0.05, 0) is 18.1 Å². The first-order valence-electron chi connectivity index (χ1n) is 6.29. The average Bonchev–Trinajstić information content (AvgIpc) is 2.86. The van der Waals surface area contributed by atoms with E-state index in [0.29, 0.717) is 29.4 Å². The third kappa shape index (κ3) is 2.52. The molecule has 0 aliphatic rings. The maximum absolute atomic E-state index is 9.20. The topological polar surface area (TPSA) is 103 Å². The molecule has 0 aliphatic carbocycles. The van der Waals surface area contributed by atoms with Gasteiger partial charge in [0.05, 0.1) is 6.61 Å². The van der Waals surface area contributed by atoms with Gasteiger partial charge in [0.1, 0.15) is 6.33 Å². The third-order valence-corrected chi connectivity index (χ3v) is 2.86. The van der Waals surface area contributed by atoms with Gasteiger partial charge in [0.2, 0.25) is 0 Å². The van der Waals surface area contributed by atoms with E-state index in [1.165, 1.54) is 6.33 Å². The highest BCUT2D eigenvalue weighted by molar-refractivity contribution is 5.82. The normalized spacial score (nSPS) is 10.3. The summed E-state index contributed by atoms with van der Waals surface area (Å²) >= 11 is 0. The van der Waals surface area contributed by atoms with E-state index < -0.39 is 0 Å². The number of aliphatic hydroxyl groups is 1. The Balaban J connectivity index is 2.12. The van der Waals surface area contributed by atoms with Gasteiger partial charge >= 0.3 is 0 Å². The molecule has 3 rings (SSSR count). The fourth-order valence-electron chi connectivity index (χ4n) is 1.93. The van der Waals surface area contributed by atoms with Crippen LogP contribution in [0.3, 0.4) is 0 Å². The highest BCUT2D eigenvalue weighted by Crippen LogP contribution is 2.17. The number of imidazole rings is 1. The molecular formula is C14H12N6O. The van der Waals surface area contributed by atoms with Crippen molar-refractivity contribution in [3.63, 3.8) is 0 Å². The highest BCUT2D eigenvalue weighted by atomic mass is 16.3. The van der Waals surface area contributed by atoms with E-state index in [0.717, 1.165) is 5.56 Å². The summed E-state index contributed by atoms with van der Waals surface area (Å²) in [6.45, 7) is 0.293. The molecule has 0 spiro atoms. The number of rotatable bonds is 2. The van der Waals surface area contributed by atoms with Crippen LogP contribution in [0.2, 0.25) is 0 Å². The summed E-state index contributed by atoms with van der Waals surface area (Å²) in [4.78, 5) is 16.4. The lowest BCUT2D eigenvalue weighted by Gasteiger charge is -2.01. The highest BCUT2D eigenvalue weighted by Gasteiger charge is 2.12. The Bertz CT molecular complexity index is 831. The SMILES string of the molecule is Nc1ncnc2c1nc(C#Cc1cccnc1)n2CCO. The number of aliphatic hydroxyl groups excluding tert-OH is 1. The van der Waals surface area contributed by atoms with Crippen LogP contribution in [0.1, 0.15) is 11.4 Å². The fourth-order valence-corrected chi connectivity index (χ4v) is 1.93. The smallest absolute Gasteiger partial charge is 0.188 e. The van der Waals surface area contributed by atoms with Crippen molar-refractivity contribution < 1.29 is 5.11 Å². The van der Waals surface area contributed by atoms with Crippen LogP contribution in [-0.2, 0) is 6.54 Å². The molecule has 0 aliphatic heterocycles. The molecule has 0 fully saturated rings. The Morgan fingerprint density at radius 1 is 1.29 bits per heavy atom. The van der Waals surface area contributed by atoms with E-state index in [9.17, 15) is 5.11 Å². The molecule has 104 valence electrons. The van der Waals surface area contributed by atoms with Crippen molar-refractivity contribution in [1.29, 1.82) is 0 Å². The molecule has 0 saturated heterocycles. The molecule has 7 heteroatoms. The van der Waals surface area contributed by atoms with Gasteiger partial charge in [0.15, 0.2) is 22.8 Å². The molecule has 3 heterocycles. The number of hydrogen-bond donors (Lipinski definition) is 2. The summed E-state index contributed by atoms with van der Waals surface area (Å²) in [5, 5.41) is 9.20. The summed E-state index contributed by atoms with van der Waals surface area (Å²) in [5.41, 5.74) is 7.62. The predicted octanol–water partition coefficient (Wildman–Crippen LogP) is 0.196. The Morgan fingerprint density at radius 2 is 2.19 bits per heavy atom. The molecule has 3 aromatic heterocycles. The van der Waals surface area contributed by atoms with Gasteiger partial charge in [-0.15, -0.1) is 0 Å². The summed E-state index contributed by atoms with van der Waals surface area (Å²) in [7, 11) is 0. The van der Waals surface area contributed by atoms with Crippen LogP contribution >= 0.6 is 0 Å². The zero-order valence-corrected chi connectivity index (χ0v) is 11.1. The van der Waals surface area contributed by atoms with Gasteiger partial charge in [-0.2, -0.15) is 0 Å². The van der Waals surface area contributed by atoms with Crippen LogP contribution in [0, 0.1) is 11.8 Å². The summed E-state index contributed by atoms with van der Waals surface area (Å²) < 4.78 is 1.72. The van der Waals surface area contributed by atoms with Crippen molar-refractivity contribution in [2.24, 2.45) is 0 Å². The number of nitrogen functional groups attached to an aromatic ring is 1. The van der Waals surface area contributed by atoms with Gasteiger partial charge in [-0.25, -0.2) is 15.0 Å². The van der Waals surface area contributed by atoms with Gasteiger partial charge < -0.3 is 10.8 Å². The molecular weight excluding hydrogens is 268 g/mol. The second kappa shape index (κ2) is 5.56. The molecule has 0 aromatic carbocycles. The van der Waals surface area contributed by atoms with E-state index in [1.54, 1.807) is 17.0 Å². The molecule has 0 radical (unpaired) electrons. The van der Waals surface area contributed by atoms with Crippen molar-refractivity contribution in [2.45, 2.75) is 6.54 Å². The van der Waals surface area contributed by atoms with Crippen LogP contribution in [-0.4, -0.2) is 36.2 Å². The first-order valence-corrected chi connectivity index (χ1v) is 6.29. The zero-order chi connectivity index (χ0) is 14.7. The largest absolute Gasteiger partial charge is 0.395 e. The Kier molecular flexibility index (Phi) is 3.45. The summed E-state index contributed by atoms with van der Waals surface area (Å²) in [6, 6.07) is 3.66. The van der Waals surface area contributed by atoms with E-state index in [1.807, 2.05) is 12.1 Å². The second-order valence-corrected chi connectivity index (χ2v) is 4.23. The average molecular weight is 280 g/mol. The van der Waals surface area contributed by atoms with Crippen molar-refractivity contribution in [3.05, 3.63) is 42.2 Å². The number of pyridine rings is 1. The standard InChI is InChI=1S/C14H12N6O/c15-13-12-14(18-9-17-13)20(6-7-21)11(19-12)4-3-10-2-1-5-16-8-10/h1-2,5,8-9,21H,6-7H2,(H2,15,17,18). The Morgan fingerprint density at radius 3 is 2.95 bits per heavy atom. The van der Waals surface area contributed by atoms with Crippen molar-refractivity contribution in [2.75, 3.05) is 12.3 Å². The quantitative estimate of drug-likeness (QED) is 0.650. The summed E-state index contributed by atoms with van der Waals surface area (Å²) in [6.07, 6.45) is 4.72. The van der Waals surface area contributed by atoms with Gasteiger partial charge in [0, 0.05) is 24.5 Å². The Labute approximate surface area is 120 Å². The monoisotopic (exact) mass is 280 g/mol. The second-order valence-electron chi connectivity index (χ2n) is 4.23. The first-order chi connectivity index (χ1) is 10.3. The molecule has 3 N–H and O–H groups in total. The van der Waals surface area contributed by atoms with E-state index >= 15 is 0 Å². The van der Waals surface area contributed by atoms with Crippen LogP contribution in [0.4, 0.5) is 5.82 Å². The molecule has 0 bridgehead atoms. The number of anilines is 1. The molecule has 0 unspecified atom stereocenters. The van der Waals surface area contributed by atoms with E-state index in [4.69, 9.17) is 5.73 Å². The molecule has 7 nitrogen and oxygen atoms in total. The molecule has 0 atom stereocenters. The minimum absolute atomic E-state index is 0.0447. The van der Waals surface area contributed by atoms with Crippen LogP contribution in [0.25, 0.3) is 11.2 Å². The van der Waals surface area contributed by atoms with Crippen molar-refractivity contribution in [3.8, 4) is 11.8 Å². The zero-order valence-electron chi connectivity index (χ0n) is 11.1. The Hall–Kier alpha value is -2.98. The van der Waals surface area contributed by atoms with Crippen molar-refractivity contribution >= 4 is 17.0 Å². The number of fused-ring (bicyclic) bond motifs is 1. The van der Waals surface area contributed by atoms with Crippen molar-refractivity contribution in [1.82, 2.24) is 24.5 Å². The van der Waals surface area contributed by atoms with Crippen LogP contribution < -0.4 is 5.73 Å². The lowest BCUT2D eigenvalue weighted by Crippen LogP contribution is -2.05. The van der Waals surface area contributed by atoms with Gasteiger partial charge in [-0.3, -0.25) is 9.55 Å².